The molecule has 0 radical (unpaired) electrons. The van der Waals surface area contributed by atoms with Crippen molar-refractivity contribution in [1.29, 1.82) is 0 Å². The van der Waals surface area contributed by atoms with Crippen molar-refractivity contribution in [2.45, 2.75) is 11.7 Å². The van der Waals surface area contributed by atoms with Crippen LogP contribution in [0.3, 0.4) is 0 Å². The molecule has 1 aliphatic rings. The highest BCUT2D eigenvalue weighted by molar-refractivity contribution is 7.10. The zero-order chi connectivity index (χ0) is 16.7. The van der Waals surface area contributed by atoms with Crippen LogP contribution in [0.25, 0.3) is 11.3 Å². The molecule has 1 aliphatic heterocycles. The topological polar surface area (TPSA) is 68.5 Å². The molecule has 4 rings (SSSR count). The van der Waals surface area contributed by atoms with Crippen LogP contribution in [0.2, 0.25) is 5.02 Å². The number of hydrogen-bond acceptors (Lipinski definition) is 4. The van der Waals surface area contributed by atoms with Gasteiger partial charge in [-0.15, -0.1) is 11.3 Å². The van der Waals surface area contributed by atoms with Gasteiger partial charge in [-0.3, -0.25) is 4.79 Å². The monoisotopic (exact) mass is 356 g/mol. The van der Waals surface area contributed by atoms with Gasteiger partial charge in [0.1, 0.15) is 11.1 Å². The van der Waals surface area contributed by atoms with Crippen LogP contribution in [-0.2, 0) is 15.1 Å². The predicted octanol–water partition coefficient (Wildman–Crippen LogP) is 3.92. The molecule has 2 heterocycles. The molecule has 120 valence electrons. The van der Waals surface area contributed by atoms with Crippen molar-refractivity contribution in [2.24, 2.45) is 5.73 Å². The number of nitrogens with zero attached hydrogens (tertiary/aromatic N) is 1. The van der Waals surface area contributed by atoms with E-state index in [1.165, 1.54) is 11.3 Å². The molecule has 0 aliphatic carbocycles. The van der Waals surface area contributed by atoms with Crippen molar-refractivity contribution >= 4 is 28.8 Å². The van der Waals surface area contributed by atoms with Gasteiger partial charge in [0.05, 0.1) is 5.69 Å². The van der Waals surface area contributed by atoms with E-state index in [-0.39, 0.29) is 0 Å². The molecule has 2 N–H and O–H groups in total. The Morgan fingerprint density at radius 2 is 1.88 bits per heavy atom. The number of nitrogens with two attached hydrogens (primary N) is 1. The molecule has 0 saturated carbocycles. The fourth-order valence-corrected chi connectivity index (χ4v) is 3.99. The summed E-state index contributed by atoms with van der Waals surface area (Å²) in [6, 6.07) is 17.0. The number of aromatic nitrogens is 1. The minimum Gasteiger partial charge on any atom is -0.367 e. The summed E-state index contributed by atoms with van der Waals surface area (Å²) in [7, 11) is 0. The Balaban J connectivity index is 1.73. The fraction of sp³-hybridized carbons (Fsp3) is 0.111. The third-order valence-electron chi connectivity index (χ3n) is 4.06. The summed E-state index contributed by atoms with van der Waals surface area (Å²) in [5, 5.41) is 3.00. The number of benzene rings is 2. The molecule has 1 saturated heterocycles. The van der Waals surface area contributed by atoms with Crippen LogP contribution in [0.5, 0.6) is 0 Å². The maximum absolute atomic E-state index is 12.1. The number of carbonyl (C=O) groups is 1. The molecule has 0 bridgehead atoms. The van der Waals surface area contributed by atoms with Crippen molar-refractivity contribution in [2.75, 3.05) is 0 Å². The van der Waals surface area contributed by atoms with Crippen molar-refractivity contribution in [3.8, 4) is 11.3 Å². The lowest BCUT2D eigenvalue weighted by atomic mass is 9.99. The quantitative estimate of drug-likeness (QED) is 0.720. The van der Waals surface area contributed by atoms with Gasteiger partial charge in [-0.25, -0.2) is 4.98 Å². The van der Waals surface area contributed by atoms with Crippen LogP contribution in [0.4, 0.5) is 0 Å². The number of amides is 1. The highest BCUT2D eigenvalue weighted by Crippen LogP contribution is 2.58. The van der Waals surface area contributed by atoms with Gasteiger partial charge < -0.3 is 10.5 Å². The van der Waals surface area contributed by atoms with Crippen molar-refractivity contribution < 1.29 is 9.53 Å². The second-order valence-corrected chi connectivity index (χ2v) is 6.79. The summed E-state index contributed by atoms with van der Waals surface area (Å²) < 4.78 is 5.76. The third-order valence-corrected chi connectivity index (χ3v) is 5.36. The zero-order valence-electron chi connectivity index (χ0n) is 12.5. The van der Waals surface area contributed by atoms with E-state index < -0.39 is 17.6 Å². The number of rotatable bonds is 4. The lowest BCUT2D eigenvalue weighted by Crippen LogP contribution is -2.30. The van der Waals surface area contributed by atoms with Gasteiger partial charge in [0.15, 0.2) is 0 Å². The summed E-state index contributed by atoms with van der Waals surface area (Å²) in [5.74, 6) is -0.554. The van der Waals surface area contributed by atoms with Crippen molar-refractivity contribution in [3.05, 3.63) is 75.6 Å². The van der Waals surface area contributed by atoms with E-state index in [1.54, 1.807) is 6.07 Å². The van der Waals surface area contributed by atoms with Crippen LogP contribution in [0.15, 0.2) is 60.0 Å². The molecule has 0 spiro atoms. The predicted molar refractivity (Wildman–Crippen MR) is 93.7 cm³/mol. The average molecular weight is 357 g/mol. The van der Waals surface area contributed by atoms with E-state index in [9.17, 15) is 4.79 Å². The maximum atomic E-state index is 12.1. The molecule has 24 heavy (non-hydrogen) atoms. The molecule has 1 fully saturated rings. The molecule has 6 heteroatoms. The van der Waals surface area contributed by atoms with Crippen LogP contribution < -0.4 is 5.73 Å². The summed E-state index contributed by atoms with van der Waals surface area (Å²) in [4.78, 5) is 16.7. The summed E-state index contributed by atoms with van der Waals surface area (Å²) in [6.07, 6.45) is -0.501. The molecule has 0 unspecified atom stereocenters. The molecule has 2 atom stereocenters. The first kappa shape index (κ1) is 15.3. The largest absolute Gasteiger partial charge is 0.367 e. The van der Waals surface area contributed by atoms with Gasteiger partial charge in [-0.2, -0.15) is 0 Å². The number of ether oxygens (including phenoxy) is 1. The van der Waals surface area contributed by atoms with E-state index in [4.69, 9.17) is 22.1 Å². The molecule has 1 aromatic heterocycles. The normalized spacial score (nSPS) is 22.3. The Labute approximate surface area is 147 Å². The second kappa shape index (κ2) is 5.70. The van der Waals surface area contributed by atoms with Crippen LogP contribution in [0, 0.1) is 0 Å². The highest BCUT2D eigenvalue weighted by atomic mass is 35.5. The van der Waals surface area contributed by atoms with Crippen LogP contribution in [0.1, 0.15) is 16.7 Å². The Bertz CT molecular complexity index is 912. The van der Waals surface area contributed by atoms with E-state index in [0.717, 1.165) is 16.8 Å². The van der Waals surface area contributed by atoms with Crippen LogP contribution in [-0.4, -0.2) is 10.9 Å². The molecule has 2 aromatic carbocycles. The van der Waals surface area contributed by atoms with E-state index in [0.29, 0.717) is 10.0 Å². The fourth-order valence-electron chi connectivity index (χ4n) is 2.76. The number of thiazole rings is 1. The van der Waals surface area contributed by atoms with E-state index in [1.807, 2.05) is 53.9 Å². The Morgan fingerprint density at radius 3 is 2.58 bits per heavy atom. The Hall–Kier alpha value is -2.21. The van der Waals surface area contributed by atoms with E-state index in [2.05, 4.69) is 4.98 Å². The molecule has 1 amide bonds. The Morgan fingerprint density at radius 1 is 1.17 bits per heavy atom. The first-order valence-corrected chi connectivity index (χ1v) is 8.62. The van der Waals surface area contributed by atoms with Gasteiger partial charge in [-0.1, -0.05) is 60.1 Å². The zero-order valence-corrected chi connectivity index (χ0v) is 14.1. The van der Waals surface area contributed by atoms with E-state index >= 15 is 0 Å². The standard InChI is InChI=1S/C18H13ClN2O2S/c19-13-9-5-4-8-12(13)15-18(23-15,16(20)22)17-21-14(10-24-17)11-6-2-1-3-7-11/h1-10,15H,(H2,20,22)/t15-,18-/m0/s1. The van der Waals surface area contributed by atoms with Gasteiger partial charge in [0.2, 0.25) is 5.60 Å². The lowest BCUT2D eigenvalue weighted by Gasteiger charge is -2.06. The van der Waals surface area contributed by atoms with Crippen LogP contribution >= 0.6 is 22.9 Å². The maximum Gasteiger partial charge on any atom is 0.260 e. The van der Waals surface area contributed by atoms with Gasteiger partial charge in [0, 0.05) is 21.5 Å². The Kier molecular flexibility index (Phi) is 3.64. The van der Waals surface area contributed by atoms with Gasteiger partial charge in [-0.05, 0) is 6.07 Å². The summed E-state index contributed by atoms with van der Waals surface area (Å²) in [5.41, 5.74) is 6.94. The number of carbonyl (C=O) groups excluding carboxylic acids is 1. The number of epoxide rings is 1. The smallest absolute Gasteiger partial charge is 0.260 e. The van der Waals surface area contributed by atoms with Crippen molar-refractivity contribution in [1.82, 2.24) is 4.98 Å². The number of hydrogen-bond donors (Lipinski definition) is 1. The second-order valence-electron chi connectivity index (χ2n) is 5.52. The first-order chi connectivity index (χ1) is 11.6. The van der Waals surface area contributed by atoms with Crippen molar-refractivity contribution in [3.63, 3.8) is 0 Å². The SMILES string of the molecule is NC(=O)[C@@]1(c2nc(-c3ccccc3)cs2)O[C@H]1c1ccccc1Cl. The first-order valence-electron chi connectivity index (χ1n) is 7.36. The minimum atomic E-state index is -1.23. The highest BCUT2D eigenvalue weighted by Gasteiger charge is 2.66. The number of halogens is 1. The molecule has 4 nitrogen and oxygen atoms in total. The lowest BCUT2D eigenvalue weighted by molar-refractivity contribution is -0.123. The average Bonchev–Trinajstić information content (AvgIpc) is 3.16. The molecular formula is C18H13ClN2O2S. The number of primary amides is 1. The minimum absolute atomic E-state index is 0.501. The summed E-state index contributed by atoms with van der Waals surface area (Å²) in [6.45, 7) is 0. The molecule has 3 aromatic rings. The van der Waals surface area contributed by atoms with Gasteiger partial charge >= 0.3 is 0 Å². The van der Waals surface area contributed by atoms with Gasteiger partial charge in [0.25, 0.3) is 5.91 Å². The summed E-state index contributed by atoms with van der Waals surface area (Å²) >= 11 is 7.60. The molecular weight excluding hydrogens is 344 g/mol. The third kappa shape index (κ3) is 2.33.